The van der Waals surface area contributed by atoms with Gasteiger partial charge in [0.1, 0.15) is 6.10 Å². The number of hydrogen-bond donors (Lipinski definition) is 1. The lowest BCUT2D eigenvalue weighted by Crippen LogP contribution is -2.44. The average molecular weight is 526 g/mol. The predicted molar refractivity (Wildman–Crippen MR) is 131 cm³/mol. The van der Waals surface area contributed by atoms with E-state index in [9.17, 15) is 9.90 Å². The van der Waals surface area contributed by atoms with Crippen molar-refractivity contribution < 1.29 is 32.9 Å². The molecule has 0 amide bonds. The molecule has 1 N–H and O–H groups in total. The zero-order valence-corrected chi connectivity index (χ0v) is 21.2. The highest BCUT2D eigenvalue weighted by Crippen LogP contribution is 2.37. The molecule has 4 unspecified atom stereocenters. The summed E-state index contributed by atoms with van der Waals surface area (Å²) >= 11 is 6.34. The molecule has 2 fully saturated rings. The van der Waals surface area contributed by atoms with Crippen molar-refractivity contribution in [3.8, 4) is 11.6 Å². The number of piperidine rings is 1. The Morgan fingerprint density at radius 1 is 1.22 bits per heavy atom. The first-order chi connectivity index (χ1) is 17.2. The minimum Gasteiger partial charge on any atom is -0.487 e. The fraction of sp³-hybridized carbons (Fsp3) is 0.520. The van der Waals surface area contributed by atoms with Gasteiger partial charge in [-0.25, -0.2) is 9.37 Å². The second kappa shape index (κ2) is 11.0. The fourth-order valence-electron chi connectivity index (χ4n) is 5.01. The van der Waals surface area contributed by atoms with Crippen LogP contribution in [0.25, 0.3) is 0 Å². The van der Waals surface area contributed by atoms with Crippen molar-refractivity contribution in [2.45, 2.75) is 44.4 Å². The Hall–Kier alpha value is -2.85. The number of methoxy groups -OCH3 is 2. The standard InChI is InChI=1S/C25H30ClF2N3O5/c1-14-12-30(19-10-22(35-3)29-11-17(19)26)7-6-20(14)36-21-5-4-18(24(27)25(21)28)31-13-16(34-2)8-15(31)9-23(32)33/h4-5,10-11,14-16,20H,6-9,12-13H2,1-3H3,(H,32,33). The zero-order chi connectivity index (χ0) is 26.0. The summed E-state index contributed by atoms with van der Waals surface area (Å²) in [5, 5.41) is 9.73. The molecular formula is C25H30ClF2N3O5. The van der Waals surface area contributed by atoms with Gasteiger partial charge in [0.15, 0.2) is 11.6 Å². The highest BCUT2D eigenvalue weighted by Gasteiger charge is 2.36. The van der Waals surface area contributed by atoms with Crippen LogP contribution < -0.4 is 19.3 Å². The van der Waals surface area contributed by atoms with Crippen LogP contribution in [-0.4, -0.2) is 68.2 Å². The summed E-state index contributed by atoms with van der Waals surface area (Å²) in [5.41, 5.74) is 0.807. The van der Waals surface area contributed by atoms with Crippen molar-refractivity contribution in [3.63, 3.8) is 0 Å². The van der Waals surface area contributed by atoms with Crippen molar-refractivity contribution in [1.82, 2.24) is 4.98 Å². The van der Waals surface area contributed by atoms with Crippen molar-refractivity contribution in [2.24, 2.45) is 5.92 Å². The Labute approximate surface area is 213 Å². The molecular weight excluding hydrogens is 496 g/mol. The van der Waals surface area contributed by atoms with Gasteiger partial charge < -0.3 is 29.1 Å². The molecule has 196 valence electrons. The molecule has 2 aliphatic rings. The first-order valence-corrected chi connectivity index (χ1v) is 12.2. The van der Waals surface area contributed by atoms with Crippen LogP contribution in [0.4, 0.5) is 20.2 Å². The summed E-state index contributed by atoms with van der Waals surface area (Å²) < 4.78 is 46.8. The number of carboxylic acid groups (broad SMARTS) is 1. The van der Waals surface area contributed by atoms with Gasteiger partial charge in [-0.3, -0.25) is 4.79 Å². The van der Waals surface area contributed by atoms with Gasteiger partial charge in [0.25, 0.3) is 0 Å². The Bertz CT molecular complexity index is 1110. The number of carboxylic acids is 1. The molecule has 0 spiro atoms. The average Bonchev–Trinajstić information content (AvgIpc) is 3.25. The zero-order valence-electron chi connectivity index (χ0n) is 20.4. The van der Waals surface area contributed by atoms with Crippen LogP contribution in [0, 0.1) is 17.6 Å². The molecule has 2 aromatic rings. The molecule has 4 rings (SSSR count). The maximum absolute atomic E-state index is 15.2. The second-order valence-electron chi connectivity index (χ2n) is 9.25. The van der Waals surface area contributed by atoms with E-state index in [4.69, 9.17) is 25.8 Å². The Morgan fingerprint density at radius 3 is 2.67 bits per heavy atom. The largest absolute Gasteiger partial charge is 0.487 e. The van der Waals surface area contributed by atoms with E-state index < -0.39 is 23.6 Å². The monoisotopic (exact) mass is 525 g/mol. The molecule has 4 atom stereocenters. The number of hydrogen-bond acceptors (Lipinski definition) is 7. The molecule has 8 nitrogen and oxygen atoms in total. The lowest BCUT2D eigenvalue weighted by atomic mass is 9.96. The number of halogens is 3. The smallest absolute Gasteiger partial charge is 0.305 e. The lowest BCUT2D eigenvalue weighted by Gasteiger charge is -2.38. The van der Waals surface area contributed by atoms with Gasteiger partial charge in [0.2, 0.25) is 11.7 Å². The highest BCUT2D eigenvalue weighted by molar-refractivity contribution is 6.33. The van der Waals surface area contributed by atoms with E-state index in [1.807, 2.05) is 6.92 Å². The fourth-order valence-corrected chi connectivity index (χ4v) is 5.24. The van der Waals surface area contributed by atoms with Gasteiger partial charge in [0.05, 0.1) is 42.2 Å². The first-order valence-electron chi connectivity index (χ1n) is 11.8. The number of aliphatic carboxylic acids is 1. The Balaban J connectivity index is 1.47. The van der Waals surface area contributed by atoms with Crippen LogP contribution in [0.3, 0.4) is 0 Å². The number of ether oxygens (including phenoxy) is 3. The molecule has 11 heteroatoms. The van der Waals surface area contributed by atoms with E-state index in [1.165, 1.54) is 26.4 Å². The molecule has 3 heterocycles. The molecule has 36 heavy (non-hydrogen) atoms. The third-order valence-corrected chi connectivity index (χ3v) is 7.21. The molecule has 1 aromatic heterocycles. The number of pyridine rings is 1. The lowest BCUT2D eigenvalue weighted by molar-refractivity contribution is -0.137. The van der Waals surface area contributed by atoms with Crippen LogP contribution in [0.15, 0.2) is 24.4 Å². The molecule has 0 bridgehead atoms. The summed E-state index contributed by atoms with van der Waals surface area (Å²) in [4.78, 5) is 19.0. The third kappa shape index (κ3) is 5.44. The number of aromatic nitrogens is 1. The van der Waals surface area contributed by atoms with Crippen molar-refractivity contribution in [2.75, 3.05) is 43.7 Å². The number of anilines is 2. The topological polar surface area (TPSA) is 84.4 Å². The van der Waals surface area contributed by atoms with E-state index in [0.29, 0.717) is 36.8 Å². The van der Waals surface area contributed by atoms with Gasteiger partial charge in [-0.2, -0.15) is 4.39 Å². The van der Waals surface area contributed by atoms with Crippen LogP contribution >= 0.6 is 11.6 Å². The molecule has 0 aliphatic carbocycles. The summed E-state index contributed by atoms with van der Waals surface area (Å²) in [5.74, 6) is -2.85. The maximum Gasteiger partial charge on any atom is 0.305 e. The molecule has 0 saturated carbocycles. The van der Waals surface area contributed by atoms with Crippen molar-refractivity contribution in [3.05, 3.63) is 41.1 Å². The SMILES string of the molecule is COc1cc(N2CCC(Oc3ccc(N4CC(OC)CC4CC(=O)O)c(F)c3F)C(C)C2)c(Cl)cn1. The molecule has 2 aliphatic heterocycles. The van der Waals surface area contributed by atoms with E-state index in [-0.39, 0.29) is 42.5 Å². The van der Waals surface area contributed by atoms with Crippen LogP contribution in [0.5, 0.6) is 11.6 Å². The van der Waals surface area contributed by atoms with Crippen LogP contribution in [0.2, 0.25) is 5.02 Å². The van der Waals surface area contributed by atoms with E-state index >= 15 is 8.78 Å². The predicted octanol–water partition coefficient (Wildman–Crippen LogP) is 4.38. The van der Waals surface area contributed by atoms with Crippen LogP contribution in [0.1, 0.15) is 26.2 Å². The summed E-state index contributed by atoms with van der Waals surface area (Å²) in [6.45, 7) is 3.47. The van der Waals surface area contributed by atoms with Gasteiger partial charge in [-0.1, -0.05) is 18.5 Å². The minimum atomic E-state index is -1.08. The maximum atomic E-state index is 15.2. The summed E-state index contributed by atoms with van der Waals surface area (Å²) in [7, 11) is 3.05. The first kappa shape index (κ1) is 26.2. The van der Waals surface area contributed by atoms with Crippen molar-refractivity contribution >= 4 is 28.9 Å². The van der Waals surface area contributed by atoms with Gasteiger partial charge in [-0.15, -0.1) is 0 Å². The summed E-state index contributed by atoms with van der Waals surface area (Å²) in [6.07, 6.45) is 1.76. The quantitative estimate of drug-likeness (QED) is 0.543. The third-order valence-electron chi connectivity index (χ3n) is 6.92. The Kier molecular flexibility index (Phi) is 8.04. The van der Waals surface area contributed by atoms with Crippen LogP contribution in [-0.2, 0) is 9.53 Å². The normalized spacial score (nSPS) is 24.2. The number of carbonyl (C=O) groups is 1. The number of nitrogens with zero attached hydrogens (tertiary/aromatic N) is 3. The number of rotatable bonds is 8. The van der Waals surface area contributed by atoms with E-state index in [0.717, 1.165) is 5.69 Å². The minimum absolute atomic E-state index is 0.00268. The number of benzene rings is 1. The van der Waals surface area contributed by atoms with Crippen molar-refractivity contribution in [1.29, 1.82) is 0 Å². The summed E-state index contributed by atoms with van der Waals surface area (Å²) in [6, 6.07) is 4.14. The molecule has 1 aromatic carbocycles. The molecule has 2 saturated heterocycles. The van der Waals surface area contributed by atoms with Gasteiger partial charge >= 0.3 is 5.97 Å². The van der Waals surface area contributed by atoms with Gasteiger partial charge in [0, 0.05) is 51.2 Å². The van der Waals surface area contributed by atoms with Gasteiger partial charge in [-0.05, 0) is 18.6 Å². The second-order valence-corrected chi connectivity index (χ2v) is 9.66. The van der Waals surface area contributed by atoms with E-state index in [2.05, 4.69) is 9.88 Å². The molecule has 0 radical (unpaired) electrons. The highest BCUT2D eigenvalue weighted by atomic mass is 35.5. The Morgan fingerprint density at radius 2 is 2.00 bits per heavy atom. The van der Waals surface area contributed by atoms with E-state index in [1.54, 1.807) is 17.2 Å².